The summed E-state index contributed by atoms with van der Waals surface area (Å²) in [5.74, 6) is 0.671. The van der Waals surface area contributed by atoms with Crippen LogP contribution in [0.1, 0.15) is 37.6 Å². The van der Waals surface area contributed by atoms with Crippen LogP contribution in [0, 0.1) is 0 Å². The van der Waals surface area contributed by atoms with E-state index < -0.39 is 0 Å². The maximum atomic E-state index is 5.23. The SMILES string of the molecule is CCC(C)n1ccc(CNCc2cccnc2OC)n1. The van der Waals surface area contributed by atoms with Gasteiger partial charge in [-0.1, -0.05) is 13.0 Å². The Labute approximate surface area is 120 Å². The van der Waals surface area contributed by atoms with Crippen molar-refractivity contribution in [3.63, 3.8) is 0 Å². The van der Waals surface area contributed by atoms with Crippen molar-refractivity contribution in [2.24, 2.45) is 0 Å². The molecule has 2 aromatic rings. The number of nitrogens with zero attached hydrogens (tertiary/aromatic N) is 3. The summed E-state index contributed by atoms with van der Waals surface area (Å²) in [5, 5.41) is 7.93. The minimum Gasteiger partial charge on any atom is -0.481 e. The monoisotopic (exact) mass is 274 g/mol. The minimum atomic E-state index is 0.446. The smallest absolute Gasteiger partial charge is 0.217 e. The second-order valence-corrected chi connectivity index (χ2v) is 4.82. The quantitative estimate of drug-likeness (QED) is 0.843. The van der Waals surface area contributed by atoms with Crippen LogP contribution < -0.4 is 10.1 Å². The predicted octanol–water partition coefficient (Wildman–Crippen LogP) is 2.55. The molecule has 5 heteroatoms. The van der Waals surface area contributed by atoms with Gasteiger partial charge in [0.2, 0.25) is 5.88 Å². The van der Waals surface area contributed by atoms with Gasteiger partial charge in [-0.3, -0.25) is 4.68 Å². The first-order valence-corrected chi connectivity index (χ1v) is 6.97. The van der Waals surface area contributed by atoms with Crippen molar-refractivity contribution in [2.75, 3.05) is 7.11 Å². The number of aromatic nitrogens is 3. The summed E-state index contributed by atoms with van der Waals surface area (Å²) in [6, 6.07) is 6.43. The standard InChI is InChI=1S/C15H22N4O/c1-4-12(2)19-9-7-14(18-19)11-16-10-13-6-5-8-17-15(13)20-3/h5-9,12,16H,4,10-11H2,1-3H3. The van der Waals surface area contributed by atoms with Gasteiger partial charge in [0.1, 0.15) is 0 Å². The molecule has 20 heavy (non-hydrogen) atoms. The molecule has 1 atom stereocenters. The average Bonchev–Trinajstić information content (AvgIpc) is 2.96. The second kappa shape index (κ2) is 7.05. The van der Waals surface area contributed by atoms with E-state index in [4.69, 9.17) is 4.74 Å². The van der Waals surface area contributed by atoms with E-state index in [1.165, 1.54) is 0 Å². The molecular formula is C15H22N4O. The van der Waals surface area contributed by atoms with Crippen molar-refractivity contribution in [3.8, 4) is 5.88 Å². The van der Waals surface area contributed by atoms with Crippen molar-refractivity contribution in [1.82, 2.24) is 20.1 Å². The lowest BCUT2D eigenvalue weighted by molar-refractivity contribution is 0.390. The fraction of sp³-hybridized carbons (Fsp3) is 0.467. The number of pyridine rings is 1. The van der Waals surface area contributed by atoms with E-state index in [9.17, 15) is 0 Å². The Kier molecular flexibility index (Phi) is 5.12. The Morgan fingerprint density at radius 1 is 1.35 bits per heavy atom. The third kappa shape index (κ3) is 3.57. The van der Waals surface area contributed by atoms with Crippen LogP contribution in [0.3, 0.4) is 0 Å². The lowest BCUT2D eigenvalue weighted by atomic mass is 10.2. The molecule has 0 saturated carbocycles. The van der Waals surface area contributed by atoms with Crippen LogP contribution >= 0.6 is 0 Å². The highest BCUT2D eigenvalue weighted by Gasteiger charge is 2.06. The van der Waals surface area contributed by atoms with Gasteiger partial charge < -0.3 is 10.1 Å². The molecule has 5 nitrogen and oxygen atoms in total. The fourth-order valence-electron chi connectivity index (χ4n) is 1.97. The van der Waals surface area contributed by atoms with E-state index >= 15 is 0 Å². The number of nitrogens with one attached hydrogen (secondary N) is 1. The summed E-state index contributed by atoms with van der Waals surface area (Å²) in [4.78, 5) is 4.18. The number of methoxy groups -OCH3 is 1. The second-order valence-electron chi connectivity index (χ2n) is 4.82. The lowest BCUT2D eigenvalue weighted by Gasteiger charge is -2.09. The molecule has 0 aliphatic heterocycles. The Hall–Kier alpha value is -1.88. The molecule has 0 fully saturated rings. The predicted molar refractivity (Wildman–Crippen MR) is 78.6 cm³/mol. The molecular weight excluding hydrogens is 252 g/mol. The van der Waals surface area contributed by atoms with Crippen molar-refractivity contribution in [2.45, 2.75) is 39.4 Å². The van der Waals surface area contributed by atoms with E-state index in [0.29, 0.717) is 18.5 Å². The highest BCUT2D eigenvalue weighted by atomic mass is 16.5. The Morgan fingerprint density at radius 2 is 2.20 bits per heavy atom. The van der Waals surface area contributed by atoms with Crippen LogP contribution in [0.5, 0.6) is 5.88 Å². The van der Waals surface area contributed by atoms with Gasteiger partial charge in [0, 0.05) is 37.1 Å². The fourth-order valence-corrected chi connectivity index (χ4v) is 1.97. The van der Waals surface area contributed by atoms with Crippen LogP contribution in [-0.2, 0) is 13.1 Å². The Balaban J connectivity index is 1.88. The topological polar surface area (TPSA) is 52.0 Å². The van der Waals surface area contributed by atoms with Crippen molar-refractivity contribution >= 4 is 0 Å². The van der Waals surface area contributed by atoms with Crippen LogP contribution in [0.4, 0.5) is 0 Å². The van der Waals surface area contributed by atoms with E-state index in [2.05, 4.69) is 35.3 Å². The zero-order valence-electron chi connectivity index (χ0n) is 12.3. The zero-order valence-corrected chi connectivity index (χ0v) is 12.3. The maximum Gasteiger partial charge on any atom is 0.217 e. The summed E-state index contributed by atoms with van der Waals surface area (Å²) >= 11 is 0. The molecule has 0 aromatic carbocycles. The normalized spacial score (nSPS) is 12.3. The Morgan fingerprint density at radius 3 is 2.95 bits per heavy atom. The largest absolute Gasteiger partial charge is 0.481 e. The Bertz CT molecular complexity index is 538. The van der Waals surface area contributed by atoms with Gasteiger partial charge in [0.25, 0.3) is 0 Å². The first kappa shape index (κ1) is 14.5. The third-order valence-corrected chi connectivity index (χ3v) is 3.37. The number of ether oxygens (including phenoxy) is 1. The maximum absolute atomic E-state index is 5.23. The molecule has 0 radical (unpaired) electrons. The third-order valence-electron chi connectivity index (χ3n) is 3.37. The van der Waals surface area contributed by atoms with Crippen LogP contribution in [-0.4, -0.2) is 21.9 Å². The molecule has 108 valence electrons. The highest BCUT2D eigenvalue weighted by Crippen LogP contribution is 2.13. The minimum absolute atomic E-state index is 0.446. The van der Waals surface area contributed by atoms with Gasteiger partial charge in [-0.15, -0.1) is 0 Å². The molecule has 0 aliphatic carbocycles. The number of hydrogen-bond acceptors (Lipinski definition) is 4. The molecule has 0 saturated heterocycles. The molecule has 0 amide bonds. The van der Waals surface area contributed by atoms with E-state index in [1.54, 1.807) is 13.3 Å². The van der Waals surface area contributed by atoms with Crippen molar-refractivity contribution in [3.05, 3.63) is 41.9 Å². The van der Waals surface area contributed by atoms with Crippen LogP contribution in [0.15, 0.2) is 30.6 Å². The van der Waals surface area contributed by atoms with Crippen molar-refractivity contribution < 1.29 is 4.74 Å². The molecule has 2 heterocycles. The van der Waals surface area contributed by atoms with Crippen LogP contribution in [0.25, 0.3) is 0 Å². The van der Waals surface area contributed by atoms with Gasteiger partial charge >= 0.3 is 0 Å². The van der Waals surface area contributed by atoms with Gasteiger partial charge in [-0.2, -0.15) is 5.10 Å². The highest BCUT2D eigenvalue weighted by molar-refractivity contribution is 5.25. The average molecular weight is 274 g/mol. The summed E-state index contributed by atoms with van der Waals surface area (Å²) in [6.07, 6.45) is 4.85. The molecule has 0 spiro atoms. The molecule has 0 bridgehead atoms. The first-order valence-electron chi connectivity index (χ1n) is 6.97. The van der Waals surface area contributed by atoms with Gasteiger partial charge in [-0.25, -0.2) is 4.98 Å². The van der Waals surface area contributed by atoms with Crippen molar-refractivity contribution in [1.29, 1.82) is 0 Å². The van der Waals surface area contributed by atoms with Crippen LogP contribution in [0.2, 0.25) is 0 Å². The summed E-state index contributed by atoms with van der Waals surface area (Å²) < 4.78 is 7.24. The molecule has 0 aliphatic rings. The van der Waals surface area contributed by atoms with Gasteiger partial charge in [-0.05, 0) is 25.5 Å². The molecule has 2 rings (SSSR count). The number of rotatable bonds is 7. The number of hydrogen-bond donors (Lipinski definition) is 1. The summed E-state index contributed by atoms with van der Waals surface area (Å²) in [5.41, 5.74) is 2.10. The lowest BCUT2D eigenvalue weighted by Crippen LogP contribution is -2.15. The molecule has 1 unspecified atom stereocenters. The summed E-state index contributed by atoms with van der Waals surface area (Å²) in [6.45, 7) is 5.79. The van der Waals surface area contributed by atoms with E-state index in [1.807, 2.05) is 23.0 Å². The first-order chi connectivity index (χ1) is 9.74. The molecule has 1 N–H and O–H groups in total. The van der Waals surface area contributed by atoms with E-state index in [0.717, 1.165) is 24.2 Å². The molecule has 2 aromatic heterocycles. The summed E-state index contributed by atoms with van der Waals surface area (Å²) in [7, 11) is 1.64. The van der Waals surface area contributed by atoms with Gasteiger partial charge in [0.15, 0.2) is 0 Å². The zero-order chi connectivity index (χ0) is 14.4. The van der Waals surface area contributed by atoms with E-state index in [-0.39, 0.29) is 0 Å². The van der Waals surface area contributed by atoms with Gasteiger partial charge in [0.05, 0.1) is 12.8 Å².